The SMILES string of the molecule is CCC1CCC(N(C)c2ncc(C(C)O)s2)CC1. The highest BCUT2D eigenvalue weighted by Crippen LogP contribution is 2.33. The van der Waals surface area contributed by atoms with Crippen LogP contribution >= 0.6 is 11.3 Å². The Kier molecular flexibility index (Phi) is 4.62. The minimum absolute atomic E-state index is 0.402. The first-order chi connectivity index (χ1) is 8.61. The van der Waals surface area contributed by atoms with E-state index in [1.165, 1.54) is 32.1 Å². The number of rotatable bonds is 4. The van der Waals surface area contributed by atoms with Crippen LogP contribution in [0.4, 0.5) is 5.13 Å². The van der Waals surface area contributed by atoms with Gasteiger partial charge in [0.15, 0.2) is 5.13 Å². The Morgan fingerprint density at radius 3 is 2.61 bits per heavy atom. The Hall–Kier alpha value is -0.610. The lowest BCUT2D eigenvalue weighted by molar-refractivity contribution is 0.203. The topological polar surface area (TPSA) is 36.4 Å². The zero-order valence-corrected chi connectivity index (χ0v) is 12.4. The second kappa shape index (κ2) is 6.02. The summed E-state index contributed by atoms with van der Waals surface area (Å²) < 4.78 is 0. The standard InChI is InChI=1S/C14H24N2OS/c1-4-11-5-7-12(8-6-11)16(3)14-15-9-13(18-14)10(2)17/h9-12,17H,4-8H2,1-3H3. The first kappa shape index (κ1) is 13.8. The van der Waals surface area contributed by atoms with Crippen molar-refractivity contribution in [2.45, 2.75) is 58.1 Å². The maximum Gasteiger partial charge on any atom is 0.185 e. The van der Waals surface area contributed by atoms with E-state index in [0.717, 1.165) is 15.9 Å². The molecule has 0 aromatic carbocycles. The third-order valence-electron chi connectivity index (χ3n) is 4.17. The number of nitrogens with zero attached hydrogens (tertiary/aromatic N) is 2. The number of anilines is 1. The third kappa shape index (κ3) is 3.04. The quantitative estimate of drug-likeness (QED) is 0.906. The van der Waals surface area contributed by atoms with Crippen molar-refractivity contribution in [3.8, 4) is 0 Å². The van der Waals surface area contributed by atoms with Crippen molar-refractivity contribution < 1.29 is 5.11 Å². The first-order valence-corrected chi connectivity index (χ1v) is 7.80. The Morgan fingerprint density at radius 1 is 1.44 bits per heavy atom. The summed E-state index contributed by atoms with van der Waals surface area (Å²) in [4.78, 5) is 7.70. The average Bonchev–Trinajstić information content (AvgIpc) is 2.88. The van der Waals surface area contributed by atoms with Crippen molar-refractivity contribution in [3.05, 3.63) is 11.1 Å². The van der Waals surface area contributed by atoms with Gasteiger partial charge in [-0.2, -0.15) is 0 Å². The van der Waals surface area contributed by atoms with E-state index >= 15 is 0 Å². The predicted molar refractivity (Wildman–Crippen MR) is 77.2 cm³/mol. The Balaban J connectivity index is 1.96. The van der Waals surface area contributed by atoms with Crippen molar-refractivity contribution in [1.82, 2.24) is 4.98 Å². The van der Waals surface area contributed by atoms with Gasteiger partial charge >= 0.3 is 0 Å². The average molecular weight is 268 g/mol. The van der Waals surface area contributed by atoms with Gasteiger partial charge in [-0.1, -0.05) is 24.7 Å². The molecule has 1 fully saturated rings. The van der Waals surface area contributed by atoms with Gasteiger partial charge in [0.2, 0.25) is 0 Å². The van der Waals surface area contributed by atoms with Crippen LogP contribution in [0, 0.1) is 5.92 Å². The fraction of sp³-hybridized carbons (Fsp3) is 0.786. The number of aliphatic hydroxyl groups excluding tert-OH is 1. The molecule has 1 heterocycles. The van der Waals surface area contributed by atoms with E-state index in [1.54, 1.807) is 24.5 Å². The molecule has 1 N–H and O–H groups in total. The molecule has 0 aliphatic heterocycles. The monoisotopic (exact) mass is 268 g/mol. The van der Waals surface area contributed by atoms with Crippen LogP contribution < -0.4 is 4.90 Å². The normalized spacial score (nSPS) is 26.0. The molecule has 1 aliphatic rings. The largest absolute Gasteiger partial charge is 0.388 e. The zero-order chi connectivity index (χ0) is 13.1. The van der Waals surface area contributed by atoms with Crippen LogP contribution in [0.15, 0.2) is 6.20 Å². The minimum Gasteiger partial charge on any atom is -0.388 e. The molecule has 1 aromatic heterocycles. The molecule has 0 amide bonds. The van der Waals surface area contributed by atoms with Gasteiger partial charge in [0.05, 0.1) is 11.0 Å². The molecule has 3 nitrogen and oxygen atoms in total. The van der Waals surface area contributed by atoms with Crippen molar-refractivity contribution in [1.29, 1.82) is 0 Å². The first-order valence-electron chi connectivity index (χ1n) is 6.98. The number of hydrogen-bond acceptors (Lipinski definition) is 4. The van der Waals surface area contributed by atoms with E-state index in [-0.39, 0.29) is 0 Å². The van der Waals surface area contributed by atoms with E-state index in [1.807, 2.05) is 0 Å². The van der Waals surface area contributed by atoms with Crippen LogP contribution in [-0.2, 0) is 0 Å². The molecule has 1 atom stereocenters. The fourth-order valence-electron chi connectivity index (χ4n) is 2.73. The van der Waals surface area contributed by atoms with Gasteiger partial charge in [-0.15, -0.1) is 0 Å². The number of thiazole rings is 1. The number of hydrogen-bond donors (Lipinski definition) is 1. The van der Waals surface area contributed by atoms with Gasteiger partial charge in [-0.05, 0) is 38.5 Å². The van der Waals surface area contributed by atoms with Crippen molar-refractivity contribution in [3.63, 3.8) is 0 Å². The summed E-state index contributed by atoms with van der Waals surface area (Å²) in [6.07, 6.45) is 7.97. The summed E-state index contributed by atoms with van der Waals surface area (Å²) in [5.41, 5.74) is 0. The van der Waals surface area contributed by atoms with Crippen molar-refractivity contribution in [2.24, 2.45) is 5.92 Å². The Morgan fingerprint density at radius 2 is 2.11 bits per heavy atom. The second-order valence-corrected chi connectivity index (χ2v) is 6.46. The number of aliphatic hydroxyl groups is 1. The maximum atomic E-state index is 9.55. The lowest BCUT2D eigenvalue weighted by Gasteiger charge is -2.34. The van der Waals surface area contributed by atoms with Crippen LogP contribution in [0.3, 0.4) is 0 Å². The highest BCUT2D eigenvalue weighted by Gasteiger charge is 2.24. The summed E-state index contributed by atoms with van der Waals surface area (Å²) >= 11 is 1.61. The molecule has 4 heteroatoms. The maximum absolute atomic E-state index is 9.55. The molecule has 1 aromatic rings. The summed E-state index contributed by atoms with van der Waals surface area (Å²) in [5.74, 6) is 0.930. The highest BCUT2D eigenvalue weighted by atomic mass is 32.1. The van der Waals surface area contributed by atoms with Crippen LogP contribution in [-0.4, -0.2) is 23.2 Å². The second-order valence-electron chi connectivity index (χ2n) is 5.41. The van der Waals surface area contributed by atoms with Crippen molar-refractivity contribution in [2.75, 3.05) is 11.9 Å². The van der Waals surface area contributed by atoms with Crippen molar-refractivity contribution >= 4 is 16.5 Å². The van der Waals surface area contributed by atoms with Gasteiger partial charge in [0, 0.05) is 19.3 Å². The minimum atomic E-state index is -0.402. The molecule has 102 valence electrons. The van der Waals surface area contributed by atoms with Crippen LogP contribution in [0.25, 0.3) is 0 Å². The number of aromatic nitrogens is 1. The predicted octanol–water partition coefficient (Wildman–Crippen LogP) is 3.60. The molecule has 18 heavy (non-hydrogen) atoms. The molecule has 1 saturated carbocycles. The summed E-state index contributed by atoms with van der Waals surface area (Å²) in [5, 5.41) is 10.6. The van der Waals surface area contributed by atoms with Gasteiger partial charge in [0.1, 0.15) is 0 Å². The summed E-state index contributed by atoms with van der Waals surface area (Å²) in [6, 6.07) is 0.626. The molecular formula is C14H24N2OS. The van der Waals surface area contributed by atoms with E-state index in [9.17, 15) is 5.11 Å². The zero-order valence-electron chi connectivity index (χ0n) is 11.6. The molecule has 0 spiro atoms. The smallest absolute Gasteiger partial charge is 0.185 e. The fourth-order valence-corrected chi connectivity index (χ4v) is 3.62. The molecule has 2 rings (SSSR count). The molecule has 1 aliphatic carbocycles. The molecule has 0 radical (unpaired) electrons. The molecular weight excluding hydrogens is 244 g/mol. The van der Waals surface area contributed by atoms with Crippen LogP contribution in [0.2, 0.25) is 0 Å². The van der Waals surface area contributed by atoms with E-state index < -0.39 is 6.10 Å². The van der Waals surface area contributed by atoms with E-state index in [0.29, 0.717) is 6.04 Å². The van der Waals surface area contributed by atoms with Crippen LogP contribution in [0.1, 0.15) is 56.9 Å². The van der Waals surface area contributed by atoms with Gasteiger partial charge < -0.3 is 10.0 Å². The van der Waals surface area contributed by atoms with Gasteiger partial charge in [-0.3, -0.25) is 0 Å². The lowest BCUT2D eigenvalue weighted by Crippen LogP contribution is -2.35. The van der Waals surface area contributed by atoms with Gasteiger partial charge in [0.25, 0.3) is 0 Å². The molecule has 1 unspecified atom stereocenters. The van der Waals surface area contributed by atoms with Gasteiger partial charge in [-0.25, -0.2) is 4.98 Å². The highest BCUT2D eigenvalue weighted by molar-refractivity contribution is 7.15. The summed E-state index contributed by atoms with van der Waals surface area (Å²) in [7, 11) is 2.14. The lowest BCUT2D eigenvalue weighted by atomic mass is 9.84. The molecule has 0 saturated heterocycles. The van der Waals surface area contributed by atoms with E-state index in [4.69, 9.17) is 0 Å². The van der Waals surface area contributed by atoms with Crippen LogP contribution in [0.5, 0.6) is 0 Å². The Labute approximate surface area is 114 Å². The third-order valence-corrected chi connectivity index (χ3v) is 5.42. The summed E-state index contributed by atoms with van der Waals surface area (Å²) in [6.45, 7) is 4.09. The molecule has 0 bridgehead atoms. The van der Waals surface area contributed by atoms with E-state index in [2.05, 4.69) is 23.9 Å². The Bertz CT molecular complexity index is 370.